The molecule has 1 N–H and O–H groups in total. The molecule has 2 atom stereocenters. The smallest absolute Gasteiger partial charge is 0.124 e. The maximum absolute atomic E-state index is 13.3. The molecule has 0 amide bonds. The van der Waals surface area contributed by atoms with Crippen molar-refractivity contribution in [3.05, 3.63) is 46.7 Å². The van der Waals surface area contributed by atoms with Crippen LogP contribution in [-0.4, -0.2) is 6.04 Å². The molecule has 0 bridgehead atoms. The van der Waals surface area contributed by atoms with Crippen LogP contribution in [0.4, 0.5) is 4.39 Å². The Balaban J connectivity index is 2.89. The van der Waals surface area contributed by atoms with Crippen molar-refractivity contribution in [2.45, 2.75) is 32.4 Å². The highest BCUT2D eigenvalue weighted by Gasteiger charge is 2.12. The van der Waals surface area contributed by atoms with Gasteiger partial charge in [0.2, 0.25) is 0 Å². The lowest BCUT2D eigenvalue weighted by molar-refractivity contribution is 0.487. The molecule has 0 fully saturated rings. The van der Waals surface area contributed by atoms with Gasteiger partial charge in [0.25, 0.3) is 0 Å². The largest absolute Gasteiger partial charge is 0.304 e. The molecule has 0 aromatic heterocycles. The number of nitrogens with one attached hydrogen (secondary N) is 1. The summed E-state index contributed by atoms with van der Waals surface area (Å²) >= 11 is 3.31. The molecule has 0 spiro atoms. The van der Waals surface area contributed by atoms with E-state index in [2.05, 4.69) is 34.7 Å². The summed E-state index contributed by atoms with van der Waals surface area (Å²) in [5.41, 5.74) is 0.961. The minimum Gasteiger partial charge on any atom is -0.304 e. The Labute approximate surface area is 105 Å². The first-order chi connectivity index (χ1) is 7.56. The highest BCUT2D eigenvalue weighted by Crippen LogP contribution is 2.23. The van der Waals surface area contributed by atoms with Crippen LogP contribution in [-0.2, 0) is 0 Å². The zero-order valence-electron chi connectivity index (χ0n) is 9.63. The third-order valence-electron chi connectivity index (χ3n) is 2.51. The van der Waals surface area contributed by atoms with E-state index < -0.39 is 0 Å². The van der Waals surface area contributed by atoms with Crippen LogP contribution >= 0.6 is 15.9 Å². The SMILES string of the molecule is C=CC(C)NC(CC)c1cc(F)cc(Br)c1. The van der Waals surface area contributed by atoms with Crippen molar-refractivity contribution < 1.29 is 4.39 Å². The molecule has 0 aliphatic rings. The first-order valence-electron chi connectivity index (χ1n) is 5.41. The minimum absolute atomic E-state index is 0.153. The van der Waals surface area contributed by atoms with Crippen molar-refractivity contribution in [3.8, 4) is 0 Å². The predicted octanol–water partition coefficient (Wildman–Crippen LogP) is 4.20. The van der Waals surface area contributed by atoms with E-state index in [1.807, 2.05) is 19.1 Å². The topological polar surface area (TPSA) is 12.0 Å². The van der Waals surface area contributed by atoms with Gasteiger partial charge in [0, 0.05) is 16.6 Å². The summed E-state index contributed by atoms with van der Waals surface area (Å²) in [4.78, 5) is 0. The van der Waals surface area contributed by atoms with Crippen LogP contribution in [0.1, 0.15) is 31.9 Å². The molecule has 0 radical (unpaired) electrons. The monoisotopic (exact) mass is 285 g/mol. The quantitative estimate of drug-likeness (QED) is 0.800. The van der Waals surface area contributed by atoms with Crippen molar-refractivity contribution in [3.63, 3.8) is 0 Å². The van der Waals surface area contributed by atoms with Gasteiger partial charge in [-0.15, -0.1) is 6.58 Å². The summed E-state index contributed by atoms with van der Waals surface area (Å²) in [5, 5.41) is 3.38. The molecule has 0 aliphatic carbocycles. The molecule has 3 heteroatoms. The van der Waals surface area contributed by atoms with E-state index in [0.29, 0.717) is 0 Å². The first-order valence-corrected chi connectivity index (χ1v) is 6.20. The fourth-order valence-electron chi connectivity index (χ4n) is 1.61. The molecule has 1 aromatic rings. The van der Waals surface area contributed by atoms with Crippen LogP contribution in [0.25, 0.3) is 0 Å². The molecule has 1 nitrogen and oxygen atoms in total. The number of hydrogen-bond donors (Lipinski definition) is 1. The van der Waals surface area contributed by atoms with Crippen molar-refractivity contribution >= 4 is 15.9 Å². The third-order valence-corrected chi connectivity index (χ3v) is 2.97. The molecule has 1 rings (SSSR count). The normalized spacial score (nSPS) is 14.5. The summed E-state index contributed by atoms with van der Waals surface area (Å²) in [6.07, 6.45) is 2.76. The second-order valence-corrected chi connectivity index (χ2v) is 4.77. The Kier molecular flexibility index (Phi) is 5.16. The zero-order chi connectivity index (χ0) is 12.1. The van der Waals surface area contributed by atoms with E-state index in [-0.39, 0.29) is 17.9 Å². The van der Waals surface area contributed by atoms with E-state index in [0.717, 1.165) is 16.5 Å². The van der Waals surface area contributed by atoms with Gasteiger partial charge in [0.05, 0.1) is 0 Å². The number of hydrogen-bond acceptors (Lipinski definition) is 1. The molecule has 0 saturated carbocycles. The summed E-state index contributed by atoms with van der Waals surface area (Å²) in [7, 11) is 0. The molecule has 88 valence electrons. The van der Waals surface area contributed by atoms with E-state index in [4.69, 9.17) is 0 Å². The van der Waals surface area contributed by atoms with Gasteiger partial charge in [0.1, 0.15) is 5.82 Å². The second-order valence-electron chi connectivity index (χ2n) is 3.85. The predicted molar refractivity (Wildman–Crippen MR) is 69.9 cm³/mol. The Morgan fingerprint density at radius 3 is 2.69 bits per heavy atom. The maximum atomic E-state index is 13.3. The van der Waals surface area contributed by atoms with Gasteiger partial charge in [-0.05, 0) is 37.1 Å². The standard InChI is InChI=1S/C13H17BrFN/c1-4-9(3)16-13(5-2)10-6-11(14)8-12(15)7-10/h4,6-9,13,16H,1,5H2,2-3H3. The summed E-state index contributed by atoms with van der Waals surface area (Å²) < 4.78 is 14.0. The van der Waals surface area contributed by atoms with Crippen molar-refractivity contribution in [2.75, 3.05) is 0 Å². The van der Waals surface area contributed by atoms with Crippen LogP contribution in [0.15, 0.2) is 35.3 Å². The average Bonchev–Trinajstić information content (AvgIpc) is 2.24. The van der Waals surface area contributed by atoms with Crippen LogP contribution in [0.3, 0.4) is 0 Å². The first kappa shape index (κ1) is 13.4. The third kappa shape index (κ3) is 3.72. The lowest BCUT2D eigenvalue weighted by Crippen LogP contribution is -2.28. The molecule has 0 heterocycles. The lowest BCUT2D eigenvalue weighted by atomic mass is 10.0. The number of halogens is 2. The van der Waals surface area contributed by atoms with Crippen molar-refractivity contribution in [1.82, 2.24) is 5.32 Å². The van der Waals surface area contributed by atoms with E-state index in [1.165, 1.54) is 6.07 Å². The van der Waals surface area contributed by atoms with Gasteiger partial charge < -0.3 is 5.32 Å². The summed E-state index contributed by atoms with van der Waals surface area (Å²) in [5.74, 6) is -0.212. The van der Waals surface area contributed by atoms with E-state index >= 15 is 0 Å². The fraction of sp³-hybridized carbons (Fsp3) is 0.385. The highest BCUT2D eigenvalue weighted by atomic mass is 79.9. The molecule has 0 aliphatic heterocycles. The Morgan fingerprint density at radius 1 is 1.50 bits per heavy atom. The second kappa shape index (κ2) is 6.16. The summed E-state index contributed by atoms with van der Waals surface area (Å²) in [6.45, 7) is 7.84. The van der Waals surface area contributed by atoms with E-state index in [1.54, 1.807) is 6.07 Å². The van der Waals surface area contributed by atoms with Gasteiger partial charge in [-0.1, -0.05) is 28.9 Å². The number of rotatable bonds is 5. The maximum Gasteiger partial charge on any atom is 0.124 e. The van der Waals surface area contributed by atoms with Crippen LogP contribution in [0.5, 0.6) is 0 Å². The van der Waals surface area contributed by atoms with Crippen molar-refractivity contribution in [1.29, 1.82) is 0 Å². The molecule has 1 aromatic carbocycles. The van der Waals surface area contributed by atoms with Crippen molar-refractivity contribution in [2.24, 2.45) is 0 Å². The van der Waals surface area contributed by atoms with Gasteiger partial charge >= 0.3 is 0 Å². The molecular formula is C13H17BrFN. The van der Waals surface area contributed by atoms with Gasteiger partial charge in [-0.2, -0.15) is 0 Å². The highest BCUT2D eigenvalue weighted by molar-refractivity contribution is 9.10. The Bertz CT molecular complexity index is 345. The molecule has 0 saturated heterocycles. The Morgan fingerprint density at radius 2 is 2.19 bits per heavy atom. The fourth-order valence-corrected chi connectivity index (χ4v) is 2.09. The molecule has 2 unspecified atom stereocenters. The van der Waals surface area contributed by atoms with E-state index in [9.17, 15) is 4.39 Å². The minimum atomic E-state index is -0.212. The average molecular weight is 286 g/mol. The van der Waals surface area contributed by atoms with Crippen LogP contribution in [0.2, 0.25) is 0 Å². The number of benzene rings is 1. The lowest BCUT2D eigenvalue weighted by Gasteiger charge is -2.21. The van der Waals surface area contributed by atoms with Crippen LogP contribution < -0.4 is 5.32 Å². The molecular weight excluding hydrogens is 269 g/mol. The van der Waals surface area contributed by atoms with Gasteiger partial charge in [0.15, 0.2) is 0 Å². The van der Waals surface area contributed by atoms with Crippen LogP contribution in [0, 0.1) is 5.82 Å². The van der Waals surface area contributed by atoms with Gasteiger partial charge in [-0.3, -0.25) is 0 Å². The zero-order valence-corrected chi connectivity index (χ0v) is 11.2. The van der Waals surface area contributed by atoms with Gasteiger partial charge in [-0.25, -0.2) is 4.39 Å². The Hall–Kier alpha value is -0.670. The molecule has 16 heavy (non-hydrogen) atoms. The summed E-state index contributed by atoms with van der Waals surface area (Å²) in [6, 6.07) is 5.35.